The van der Waals surface area contributed by atoms with Gasteiger partial charge in [0.1, 0.15) is 17.5 Å². The summed E-state index contributed by atoms with van der Waals surface area (Å²) < 4.78 is 19.6. The van der Waals surface area contributed by atoms with Crippen LogP contribution in [-0.4, -0.2) is 17.6 Å². The number of carbonyl (C=O) groups is 1. The highest BCUT2D eigenvalue weighted by Gasteiger charge is 2.23. The van der Waals surface area contributed by atoms with E-state index >= 15 is 0 Å². The Balaban J connectivity index is 2.72. The molecule has 1 atom stereocenters. The third kappa shape index (κ3) is 4.89. The van der Waals surface area contributed by atoms with E-state index < -0.39 is 17.6 Å². The quantitative estimate of drug-likeness (QED) is 0.662. The molecule has 5 heteroatoms. The average Bonchev–Trinajstić information content (AvgIpc) is 2.21. The Kier molecular flexibility index (Phi) is 5.10. The summed E-state index contributed by atoms with van der Waals surface area (Å²) in [6.45, 7) is 5.30. The molecule has 18 heavy (non-hydrogen) atoms. The van der Waals surface area contributed by atoms with Crippen LogP contribution in [0.1, 0.15) is 26.3 Å². The lowest BCUT2D eigenvalue weighted by Crippen LogP contribution is -2.39. The molecule has 100 valence electrons. The minimum Gasteiger partial charge on any atom is -0.459 e. The third-order valence-corrected chi connectivity index (χ3v) is 2.83. The number of carbonyl (C=O) groups excluding carboxylic acids is 1. The van der Waals surface area contributed by atoms with E-state index in [1.165, 1.54) is 6.07 Å². The number of esters is 1. The van der Waals surface area contributed by atoms with E-state index in [9.17, 15) is 9.18 Å². The number of hydrogen-bond donors (Lipinski definition) is 1. The smallest absolute Gasteiger partial charge is 0.323 e. The van der Waals surface area contributed by atoms with Gasteiger partial charge in [-0.2, -0.15) is 0 Å². The van der Waals surface area contributed by atoms with Gasteiger partial charge in [-0.3, -0.25) is 4.79 Å². The van der Waals surface area contributed by atoms with Gasteiger partial charge in [0, 0.05) is 9.99 Å². The summed E-state index contributed by atoms with van der Waals surface area (Å²) in [5.74, 6) is -0.866. The number of benzene rings is 1. The Morgan fingerprint density at radius 2 is 2.11 bits per heavy atom. The first-order valence-corrected chi connectivity index (χ1v) is 6.69. The minimum absolute atomic E-state index is 0.136. The lowest BCUT2D eigenvalue weighted by atomic mass is 10.1. The second-order valence-corrected chi connectivity index (χ2v) is 6.33. The second kappa shape index (κ2) is 5.97. The van der Waals surface area contributed by atoms with Crippen LogP contribution in [0, 0.1) is 9.39 Å². The van der Waals surface area contributed by atoms with Gasteiger partial charge in [-0.05, 0) is 67.1 Å². The summed E-state index contributed by atoms with van der Waals surface area (Å²) in [5.41, 5.74) is 5.58. The highest BCUT2D eigenvalue weighted by atomic mass is 127. The van der Waals surface area contributed by atoms with Gasteiger partial charge in [-0.15, -0.1) is 0 Å². The van der Waals surface area contributed by atoms with Crippen molar-refractivity contribution in [1.29, 1.82) is 0 Å². The van der Waals surface area contributed by atoms with E-state index in [0.29, 0.717) is 5.56 Å². The molecule has 1 unspecified atom stereocenters. The van der Waals surface area contributed by atoms with Crippen molar-refractivity contribution >= 4 is 28.6 Å². The van der Waals surface area contributed by atoms with Gasteiger partial charge in [0.15, 0.2) is 0 Å². The average molecular weight is 365 g/mol. The Bertz CT molecular complexity index is 443. The van der Waals surface area contributed by atoms with Crippen LogP contribution in [0.3, 0.4) is 0 Å². The van der Waals surface area contributed by atoms with E-state index in [1.54, 1.807) is 32.9 Å². The zero-order valence-corrected chi connectivity index (χ0v) is 12.8. The van der Waals surface area contributed by atoms with E-state index in [2.05, 4.69) is 22.6 Å². The van der Waals surface area contributed by atoms with Gasteiger partial charge in [0.2, 0.25) is 0 Å². The number of halogens is 2. The highest BCUT2D eigenvalue weighted by Crippen LogP contribution is 2.15. The molecular weight excluding hydrogens is 348 g/mol. The predicted octanol–water partition coefficient (Wildman–Crippen LogP) is 2.64. The Morgan fingerprint density at radius 1 is 1.50 bits per heavy atom. The summed E-state index contributed by atoms with van der Waals surface area (Å²) in [4.78, 5) is 11.7. The van der Waals surface area contributed by atoms with E-state index in [0.717, 1.165) is 3.57 Å². The third-order valence-electron chi connectivity index (χ3n) is 2.16. The molecule has 0 aliphatic carbocycles. The molecule has 0 amide bonds. The SMILES string of the molecule is CC(C)(C)OC(=O)C(N)Cc1cc(I)ccc1F. The normalized spacial score (nSPS) is 13.2. The van der Waals surface area contributed by atoms with Crippen LogP contribution in [-0.2, 0) is 16.0 Å². The van der Waals surface area contributed by atoms with Gasteiger partial charge < -0.3 is 10.5 Å². The first-order valence-electron chi connectivity index (χ1n) is 5.61. The van der Waals surface area contributed by atoms with E-state index in [-0.39, 0.29) is 12.2 Å². The molecule has 0 saturated heterocycles. The monoisotopic (exact) mass is 365 g/mol. The van der Waals surface area contributed by atoms with Crippen molar-refractivity contribution < 1.29 is 13.9 Å². The van der Waals surface area contributed by atoms with Gasteiger partial charge in [-0.1, -0.05) is 0 Å². The Morgan fingerprint density at radius 3 is 2.67 bits per heavy atom. The lowest BCUT2D eigenvalue weighted by Gasteiger charge is -2.22. The molecule has 0 aromatic heterocycles. The molecule has 1 aromatic rings. The second-order valence-electron chi connectivity index (χ2n) is 5.08. The van der Waals surface area contributed by atoms with Crippen LogP contribution in [0.5, 0.6) is 0 Å². The van der Waals surface area contributed by atoms with Gasteiger partial charge in [-0.25, -0.2) is 4.39 Å². The fourth-order valence-corrected chi connectivity index (χ4v) is 1.95. The summed E-state index contributed by atoms with van der Waals surface area (Å²) in [6, 6.07) is 3.87. The maximum atomic E-state index is 13.5. The summed E-state index contributed by atoms with van der Waals surface area (Å²) in [7, 11) is 0. The lowest BCUT2D eigenvalue weighted by molar-refractivity contribution is -0.156. The fourth-order valence-electron chi connectivity index (χ4n) is 1.40. The van der Waals surface area contributed by atoms with Crippen molar-refractivity contribution in [2.45, 2.75) is 38.8 Å². The predicted molar refractivity (Wildman–Crippen MR) is 76.6 cm³/mol. The molecule has 0 fully saturated rings. The van der Waals surface area contributed by atoms with E-state index in [1.807, 2.05) is 0 Å². The van der Waals surface area contributed by atoms with Crippen LogP contribution >= 0.6 is 22.6 Å². The molecule has 0 bridgehead atoms. The molecule has 2 N–H and O–H groups in total. The zero-order valence-electron chi connectivity index (χ0n) is 10.7. The topological polar surface area (TPSA) is 52.3 Å². The van der Waals surface area contributed by atoms with Gasteiger partial charge >= 0.3 is 5.97 Å². The maximum absolute atomic E-state index is 13.5. The van der Waals surface area contributed by atoms with Crippen molar-refractivity contribution in [2.24, 2.45) is 5.73 Å². The van der Waals surface area contributed by atoms with Crippen LogP contribution in [0.25, 0.3) is 0 Å². The first-order chi connectivity index (χ1) is 8.19. The van der Waals surface area contributed by atoms with Crippen molar-refractivity contribution in [1.82, 2.24) is 0 Å². The van der Waals surface area contributed by atoms with Crippen LogP contribution < -0.4 is 5.73 Å². The van der Waals surface area contributed by atoms with Gasteiger partial charge in [0.05, 0.1) is 0 Å². The Labute approximate surface area is 120 Å². The largest absolute Gasteiger partial charge is 0.459 e. The Hall–Kier alpha value is -0.690. The number of nitrogens with two attached hydrogens (primary N) is 1. The number of hydrogen-bond acceptors (Lipinski definition) is 3. The highest BCUT2D eigenvalue weighted by molar-refractivity contribution is 14.1. The molecule has 1 rings (SSSR count). The molecular formula is C13H17FINO2. The molecule has 0 spiro atoms. The minimum atomic E-state index is -0.850. The standard InChI is InChI=1S/C13H17FINO2/c1-13(2,3)18-12(17)11(16)7-8-6-9(15)4-5-10(8)14/h4-6,11H,7,16H2,1-3H3. The molecule has 3 nitrogen and oxygen atoms in total. The van der Waals surface area contributed by atoms with Crippen LogP contribution in [0.4, 0.5) is 4.39 Å². The molecule has 0 heterocycles. The van der Waals surface area contributed by atoms with Crippen molar-refractivity contribution in [2.75, 3.05) is 0 Å². The maximum Gasteiger partial charge on any atom is 0.323 e. The van der Waals surface area contributed by atoms with Crippen molar-refractivity contribution in [3.8, 4) is 0 Å². The van der Waals surface area contributed by atoms with Crippen molar-refractivity contribution in [3.05, 3.63) is 33.1 Å². The molecule has 0 radical (unpaired) electrons. The first kappa shape index (κ1) is 15.4. The molecule has 0 saturated carbocycles. The molecule has 0 aliphatic heterocycles. The summed E-state index contributed by atoms with van der Waals surface area (Å²) in [6.07, 6.45) is 0.136. The van der Waals surface area contributed by atoms with Crippen LogP contribution in [0.15, 0.2) is 18.2 Å². The van der Waals surface area contributed by atoms with Crippen molar-refractivity contribution in [3.63, 3.8) is 0 Å². The fraction of sp³-hybridized carbons (Fsp3) is 0.462. The molecule has 0 aliphatic rings. The van der Waals surface area contributed by atoms with Crippen LogP contribution in [0.2, 0.25) is 0 Å². The van der Waals surface area contributed by atoms with Gasteiger partial charge in [0.25, 0.3) is 0 Å². The molecule has 1 aromatic carbocycles. The number of rotatable bonds is 3. The zero-order chi connectivity index (χ0) is 13.9. The number of ether oxygens (including phenoxy) is 1. The summed E-state index contributed by atoms with van der Waals surface area (Å²) in [5, 5.41) is 0. The summed E-state index contributed by atoms with van der Waals surface area (Å²) >= 11 is 2.08. The van der Waals surface area contributed by atoms with E-state index in [4.69, 9.17) is 10.5 Å².